The summed E-state index contributed by atoms with van der Waals surface area (Å²) in [4.78, 5) is 0. The smallest absolute Gasteiger partial charge is 0.00223 e. The lowest BCUT2D eigenvalue weighted by molar-refractivity contribution is -0.0455. The first-order valence-corrected chi connectivity index (χ1v) is 7.42. The zero-order chi connectivity index (χ0) is 12.6. The van der Waals surface area contributed by atoms with Gasteiger partial charge in [0, 0.05) is 5.25 Å². The average Bonchev–Trinajstić information content (AvgIpc) is 2.23. The van der Waals surface area contributed by atoms with E-state index >= 15 is 0 Å². The molecule has 0 aromatic carbocycles. The largest absolute Gasteiger partial charge is 0.176 e. The minimum atomic E-state index is 0.391. The topological polar surface area (TPSA) is 0 Å². The van der Waals surface area contributed by atoms with Crippen LogP contribution in [0.3, 0.4) is 0 Å². The summed E-state index contributed by atoms with van der Waals surface area (Å²) in [6.07, 6.45) is 6.51. The van der Waals surface area contributed by atoms with Crippen molar-refractivity contribution in [3.05, 3.63) is 0 Å². The SMILES string of the molecule is CCC1(CC)CCC(S)CC(C)(C)C1(C)C. The first-order chi connectivity index (χ1) is 7.22. The zero-order valence-corrected chi connectivity index (χ0v) is 13.0. The summed E-state index contributed by atoms with van der Waals surface area (Å²) in [5, 5.41) is 0.592. The van der Waals surface area contributed by atoms with E-state index in [0.717, 1.165) is 0 Å². The van der Waals surface area contributed by atoms with Crippen molar-refractivity contribution in [3.8, 4) is 0 Å². The van der Waals surface area contributed by atoms with Crippen LogP contribution in [0.15, 0.2) is 0 Å². The molecule has 96 valence electrons. The van der Waals surface area contributed by atoms with E-state index in [0.29, 0.717) is 21.5 Å². The summed E-state index contributed by atoms with van der Waals surface area (Å²) in [7, 11) is 0. The van der Waals surface area contributed by atoms with E-state index in [1.165, 1.54) is 32.1 Å². The van der Waals surface area contributed by atoms with E-state index in [2.05, 4.69) is 41.5 Å². The third kappa shape index (κ3) is 2.05. The molecule has 16 heavy (non-hydrogen) atoms. The minimum absolute atomic E-state index is 0.391. The summed E-state index contributed by atoms with van der Waals surface area (Å²) in [5.41, 5.74) is 1.30. The van der Waals surface area contributed by atoms with Gasteiger partial charge < -0.3 is 0 Å². The van der Waals surface area contributed by atoms with E-state index in [-0.39, 0.29) is 0 Å². The standard InChI is InChI=1S/C15H30S/c1-7-15(8-2)10-9-12(16)11-13(3,4)14(15,5)6/h12,16H,7-11H2,1-6H3. The Hall–Kier alpha value is 0.350. The van der Waals surface area contributed by atoms with Gasteiger partial charge in [0.25, 0.3) is 0 Å². The molecule has 0 aromatic heterocycles. The molecule has 1 atom stereocenters. The van der Waals surface area contributed by atoms with Gasteiger partial charge in [0.15, 0.2) is 0 Å². The molecule has 1 heteroatoms. The van der Waals surface area contributed by atoms with Crippen LogP contribution in [0.2, 0.25) is 0 Å². The molecule has 0 saturated heterocycles. The van der Waals surface area contributed by atoms with Crippen molar-refractivity contribution < 1.29 is 0 Å². The summed E-state index contributed by atoms with van der Waals surface area (Å²) in [6, 6.07) is 0. The first-order valence-electron chi connectivity index (χ1n) is 6.90. The number of thiol groups is 1. The summed E-state index contributed by atoms with van der Waals surface area (Å²) < 4.78 is 0. The number of hydrogen-bond acceptors (Lipinski definition) is 1. The van der Waals surface area contributed by atoms with Crippen molar-refractivity contribution in [2.24, 2.45) is 16.2 Å². The third-order valence-electron chi connectivity index (χ3n) is 6.07. The van der Waals surface area contributed by atoms with Gasteiger partial charge in [0.2, 0.25) is 0 Å². The summed E-state index contributed by atoms with van der Waals surface area (Å²) in [6.45, 7) is 14.6. The quantitative estimate of drug-likeness (QED) is 0.491. The Bertz CT molecular complexity index is 236. The maximum atomic E-state index is 4.78. The molecular weight excluding hydrogens is 212 g/mol. The van der Waals surface area contributed by atoms with E-state index in [9.17, 15) is 0 Å². The molecule has 0 bridgehead atoms. The van der Waals surface area contributed by atoms with Crippen LogP contribution in [0.1, 0.15) is 73.6 Å². The van der Waals surface area contributed by atoms with Crippen LogP contribution in [0.5, 0.6) is 0 Å². The van der Waals surface area contributed by atoms with Crippen molar-refractivity contribution in [2.45, 2.75) is 78.9 Å². The molecule has 0 heterocycles. The second-order valence-electron chi connectivity index (χ2n) is 6.89. The summed E-state index contributed by atoms with van der Waals surface area (Å²) in [5.74, 6) is 0. The Balaban J connectivity index is 3.18. The Morgan fingerprint density at radius 3 is 2.00 bits per heavy atom. The summed E-state index contributed by atoms with van der Waals surface area (Å²) >= 11 is 4.78. The average molecular weight is 242 g/mol. The molecule has 0 radical (unpaired) electrons. The van der Waals surface area contributed by atoms with Crippen LogP contribution in [-0.4, -0.2) is 5.25 Å². The Labute approximate surface area is 108 Å². The second-order valence-corrected chi connectivity index (χ2v) is 7.62. The van der Waals surface area contributed by atoms with Gasteiger partial charge in [0.1, 0.15) is 0 Å². The fourth-order valence-electron chi connectivity index (χ4n) is 3.91. The molecule has 1 aliphatic rings. The molecule has 0 N–H and O–H groups in total. The highest BCUT2D eigenvalue weighted by Crippen LogP contribution is 2.61. The van der Waals surface area contributed by atoms with Crippen LogP contribution in [0, 0.1) is 16.2 Å². The van der Waals surface area contributed by atoms with Crippen LogP contribution >= 0.6 is 12.6 Å². The van der Waals surface area contributed by atoms with E-state index in [1.807, 2.05) is 0 Å². The van der Waals surface area contributed by atoms with Crippen LogP contribution in [0.25, 0.3) is 0 Å². The fourth-order valence-corrected chi connectivity index (χ4v) is 4.49. The van der Waals surface area contributed by atoms with Gasteiger partial charge in [-0.2, -0.15) is 12.6 Å². The Kier molecular flexibility index (Phi) is 4.10. The highest BCUT2D eigenvalue weighted by atomic mass is 32.1. The van der Waals surface area contributed by atoms with Gasteiger partial charge >= 0.3 is 0 Å². The second kappa shape index (κ2) is 4.55. The Morgan fingerprint density at radius 2 is 1.56 bits per heavy atom. The van der Waals surface area contributed by atoms with Crippen molar-refractivity contribution in [1.82, 2.24) is 0 Å². The molecule has 1 unspecified atom stereocenters. The third-order valence-corrected chi connectivity index (χ3v) is 6.51. The lowest BCUT2D eigenvalue weighted by Crippen LogP contribution is -2.46. The molecule has 1 saturated carbocycles. The molecule has 0 spiro atoms. The van der Waals surface area contributed by atoms with Gasteiger partial charge in [-0.1, -0.05) is 41.5 Å². The van der Waals surface area contributed by atoms with E-state index < -0.39 is 0 Å². The van der Waals surface area contributed by atoms with Gasteiger partial charge in [-0.05, 0) is 48.3 Å². The fraction of sp³-hybridized carbons (Fsp3) is 1.00. The predicted octanol–water partition coefficient (Wildman–Crippen LogP) is 5.33. The highest BCUT2D eigenvalue weighted by Gasteiger charge is 2.52. The molecule has 0 amide bonds. The molecule has 1 aliphatic carbocycles. The molecular formula is C15H30S. The maximum Gasteiger partial charge on any atom is 0.00223 e. The lowest BCUT2D eigenvalue weighted by Gasteiger charge is -2.54. The molecule has 0 nitrogen and oxygen atoms in total. The van der Waals surface area contributed by atoms with Gasteiger partial charge in [-0.15, -0.1) is 0 Å². The lowest BCUT2D eigenvalue weighted by atomic mass is 9.51. The molecule has 0 aliphatic heterocycles. The number of hydrogen-bond donors (Lipinski definition) is 1. The van der Waals surface area contributed by atoms with Crippen molar-refractivity contribution in [1.29, 1.82) is 0 Å². The first kappa shape index (κ1) is 14.4. The maximum absolute atomic E-state index is 4.78. The molecule has 1 fully saturated rings. The van der Waals surface area contributed by atoms with Crippen molar-refractivity contribution in [2.75, 3.05) is 0 Å². The van der Waals surface area contributed by atoms with Gasteiger partial charge in [-0.3, -0.25) is 0 Å². The van der Waals surface area contributed by atoms with E-state index in [4.69, 9.17) is 12.6 Å². The van der Waals surface area contributed by atoms with Crippen LogP contribution in [-0.2, 0) is 0 Å². The van der Waals surface area contributed by atoms with Crippen molar-refractivity contribution >= 4 is 12.6 Å². The molecule has 0 aromatic rings. The van der Waals surface area contributed by atoms with Gasteiger partial charge in [0.05, 0.1) is 0 Å². The van der Waals surface area contributed by atoms with E-state index in [1.54, 1.807) is 0 Å². The zero-order valence-electron chi connectivity index (χ0n) is 12.1. The van der Waals surface area contributed by atoms with Crippen molar-refractivity contribution in [3.63, 3.8) is 0 Å². The molecule has 1 rings (SSSR count). The highest BCUT2D eigenvalue weighted by molar-refractivity contribution is 7.80. The predicted molar refractivity (Wildman–Crippen MR) is 77.2 cm³/mol. The Morgan fingerprint density at radius 1 is 1.06 bits per heavy atom. The van der Waals surface area contributed by atoms with Crippen LogP contribution in [0.4, 0.5) is 0 Å². The monoisotopic (exact) mass is 242 g/mol. The van der Waals surface area contributed by atoms with Gasteiger partial charge in [-0.25, -0.2) is 0 Å². The van der Waals surface area contributed by atoms with Crippen LogP contribution < -0.4 is 0 Å². The number of rotatable bonds is 2. The normalized spacial score (nSPS) is 32.1. The minimum Gasteiger partial charge on any atom is -0.176 e.